The number of carbonyl (C=O) groups excluding carboxylic acids is 2. The molecule has 2 aliphatic rings. The zero-order valence-electron chi connectivity index (χ0n) is 16.3. The molecular weight excluding hydrogens is 434 g/mol. The van der Waals surface area contributed by atoms with E-state index in [4.69, 9.17) is 0 Å². The van der Waals surface area contributed by atoms with Gasteiger partial charge in [-0.05, 0) is 49.2 Å². The second-order valence-corrected chi connectivity index (χ2v) is 8.78. The average molecular weight is 453 g/mol. The highest BCUT2D eigenvalue weighted by Crippen LogP contribution is 2.47. The van der Waals surface area contributed by atoms with Gasteiger partial charge in [0.2, 0.25) is 5.91 Å². The molecule has 4 rings (SSSR count). The van der Waals surface area contributed by atoms with Crippen LogP contribution in [0.1, 0.15) is 18.4 Å². The van der Waals surface area contributed by atoms with E-state index in [9.17, 15) is 27.2 Å². The van der Waals surface area contributed by atoms with E-state index in [1.54, 1.807) is 11.0 Å². The molecule has 2 aromatic rings. The molecule has 0 atom stereocenters. The SMILES string of the molecule is O=C(Nc1cccc(F)c1)N1CCC2(CC1)SCC(=O)N2c1cccc(C(F)(F)F)c1. The molecule has 0 saturated carbocycles. The molecule has 3 amide bonds. The summed E-state index contributed by atoms with van der Waals surface area (Å²) in [4.78, 5) is 27.4. The van der Waals surface area contributed by atoms with Gasteiger partial charge in [-0.3, -0.25) is 9.69 Å². The molecule has 1 spiro atoms. The summed E-state index contributed by atoms with van der Waals surface area (Å²) in [6, 6.07) is 9.93. The lowest BCUT2D eigenvalue weighted by Crippen LogP contribution is -2.53. The highest BCUT2D eigenvalue weighted by Gasteiger charge is 2.49. The smallest absolute Gasteiger partial charge is 0.324 e. The number of urea groups is 1. The van der Waals surface area contributed by atoms with E-state index < -0.39 is 22.4 Å². The van der Waals surface area contributed by atoms with E-state index in [-0.39, 0.29) is 23.4 Å². The number of carbonyl (C=O) groups is 2. The lowest BCUT2D eigenvalue weighted by atomic mass is 10.0. The van der Waals surface area contributed by atoms with Crippen molar-refractivity contribution in [3.8, 4) is 0 Å². The topological polar surface area (TPSA) is 52.7 Å². The summed E-state index contributed by atoms with van der Waals surface area (Å²) in [5, 5.41) is 2.64. The Kier molecular flexibility index (Phi) is 5.59. The third kappa shape index (κ3) is 4.34. The maximum atomic E-state index is 13.3. The number of amides is 3. The van der Waals surface area contributed by atoms with Crippen LogP contribution in [0.5, 0.6) is 0 Å². The Morgan fingerprint density at radius 3 is 2.45 bits per heavy atom. The van der Waals surface area contributed by atoms with E-state index in [0.29, 0.717) is 31.6 Å². The summed E-state index contributed by atoms with van der Waals surface area (Å²) in [6.07, 6.45) is -3.68. The zero-order valence-corrected chi connectivity index (χ0v) is 17.1. The van der Waals surface area contributed by atoms with Crippen molar-refractivity contribution in [3.05, 3.63) is 59.9 Å². The molecule has 31 heavy (non-hydrogen) atoms. The number of benzene rings is 2. The molecule has 2 aromatic carbocycles. The molecule has 10 heteroatoms. The Morgan fingerprint density at radius 2 is 1.77 bits per heavy atom. The molecule has 0 unspecified atom stereocenters. The van der Waals surface area contributed by atoms with Crippen molar-refractivity contribution >= 4 is 35.1 Å². The van der Waals surface area contributed by atoms with Gasteiger partial charge in [0.05, 0.1) is 16.2 Å². The standard InChI is InChI=1S/C21H19F4N3O2S/c22-15-4-2-5-16(12-15)26-19(30)27-9-7-20(8-10-27)28(18(29)13-31-20)17-6-1-3-14(11-17)21(23,24)25/h1-6,11-12H,7-10,13H2,(H,26,30). The molecule has 2 heterocycles. The van der Waals surface area contributed by atoms with E-state index in [2.05, 4.69) is 5.32 Å². The summed E-state index contributed by atoms with van der Waals surface area (Å²) in [7, 11) is 0. The average Bonchev–Trinajstić information content (AvgIpc) is 3.03. The van der Waals surface area contributed by atoms with Crippen molar-refractivity contribution < 1.29 is 27.2 Å². The van der Waals surface area contributed by atoms with Crippen molar-refractivity contribution in [2.45, 2.75) is 23.9 Å². The maximum Gasteiger partial charge on any atom is 0.416 e. The zero-order chi connectivity index (χ0) is 22.2. The van der Waals surface area contributed by atoms with Crippen LogP contribution in [0.25, 0.3) is 0 Å². The highest BCUT2D eigenvalue weighted by atomic mass is 32.2. The third-order valence-electron chi connectivity index (χ3n) is 5.46. The predicted molar refractivity (Wildman–Crippen MR) is 110 cm³/mol. The molecule has 0 radical (unpaired) electrons. The number of nitrogens with one attached hydrogen (secondary N) is 1. The van der Waals surface area contributed by atoms with Crippen molar-refractivity contribution in [3.63, 3.8) is 0 Å². The molecule has 0 aromatic heterocycles. The van der Waals surface area contributed by atoms with Gasteiger partial charge in [0.25, 0.3) is 0 Å². The van der Waals surface area contributed by atoms with E-state index in [1.807, 2.05) is 0 Å². The van der Waals surface area contributed by atoms with E-state index >= 15 is 0 Å². The molecular formula is C21H19F4N3O2S. The number of likely N-dealkylation sites (tertiary alicyclic amines) is 1. The number of thioether (sulfide) groups is 1. The largest absolute Gasteiger partial charge is 0.416 e. The van der Waals surface area contributed by atoms with Crippen LogP contribution in [0.3, 0.4) is 0 Å². The van der Waals surface area contributed by atoms with Gasteiger partial charge in [0.1, 0.15) is 5.82 Å². The van der Waals surface area contributed by atoms with Crippen LogP contribution < -0.4 is 10.2 Å². The van der Waals surface area contributed by atoms with E-state index in [0.717, 1.165) is 12.1 Å². The minimum Gasteiger partial charge on any atom is -0.324 e. The second-order valence-electron chi connectivity index (χ2n) is 7.44. The van der Waals surface area contributed by atoms with Gasteiger partial charge in [0, 0.05) is 24.5 Å². The van der Waals surface area contributed by atoms with Crippen molar-refractivity contribution in [1.29, 1.82) is 0 Å². The molecule has 1 N–H and O–H groups in total. The maximum absolute atomic E-state index is 13.3. The number of nitrogens with zero attached hydrogens (tertiary/aromatic N) is 2. The molecule has 0 aliphatic carbocycles. The highest BCUT2D eigenvalue weighted by molar-refractivity contribution is 8.02. The number of hydrogen-bond acceptors (Lipinski definition) is 3. The molecule has 0 bridgehead atoms. The number of rotatable bonds is 2. The third-order valence-corrected chi connectivity index (χ3v) is 6.98. The molecule has 164 valence electrons. The van der Waals surface area contributed by atoms with Crippen LogP contribution in [0, 0.1) is 5.82 Å². The van der Waals surface area contributed by atoms with Crippen molar-refractivity contribution in [1.82, 2.24) is 4.90 Å². The number of halogens is 4. The van der Waals surface area contributed by atoms with Gasteiger partial charge in [0.15, 0.2) is 0 Å². The van der Waals surface area contributed by atoms with Crippen molar-refractivity contribution in [2.75, 3.05) is 29.1 Å². The second kappa shape index (κ2) is 8.07. The summed E-state index contributed by atoms with van der Waals surface area (Å²) < 4.78 is 52.8. The number of piperidine rings is 1. The molecule has 2 aliphatic heterocycles. The number of anilines is 2. The normalized spacial score (nSPS) is 18.5. The quantitative estimate of drug-likeness (QED) is 0.655. The summed E-state index contributed by atoms with van der Waals surface area (Å²) in [5.41, 5.74) is -0.263. The van der Waals surface area contributed by atoms with Gasteiger partial charge in [-0.1, -0.05) is 12.1 Å². The van der Waals surface area contributed by atoms with Crippen LogP contribution in [-0.2, 0) is 11.0 Å². The first-order chi connectivity index (χ1) is 14.7. The first kappa shape index (κ1) is 21.5. The fourth-order valence-electron chi connectivity index (χ4n) is 3.95. The Morgan fingerprint density at radius 1 is 1.06 bits per heavy atom. The first-order valence-electron chi connectivity index (χ1n) is 9.64. The minimum atomic E-state index is -4.50. The van der Waals surface area contributed by atoms with Crippen LogP contribution in [0.15, 0.2) is 48.5 Å². The Bertz CT molecular complexity index is 1010. The Labute approximate surface area is 180 Å². The first-order valence-corrected chi connectivity index (χ1v) is 10.6. The Hall–Kier alpha value is -2.75. The van der Waals surface area contributed by atoms with Crippen LogP contribution in [-0.4, -0.2) is 40.6 Å². The van der Waals surface area contributed by atoms with Gasteiger partial charge < -0.3 is 10.2 Å². The van der Waals surface area contributed by atoms with Gasteiger partial charge >= 0.3 is 12.2 Å². The van der Waals surface area contributed by atoms with E-state index in [1.165, 1.54) is 47.0 Å². The lowest BCUT2D eigenvalue weighted by Gasteiger charge is -2.44. The van der Waals surface area contributed by atoms with Gasteiger partial charge in [-0.2, -0.15) is 13.2 Å². The molecule has 2 fully saturated rings. The minimum absolute atomic E-state index is 0.172. The summed E-state index contributed by atoms with van der Waals surface area (Å²) >= 11 is 1.40. The number of alkyl halides is 3. The monoisotopic (exact) mass is 453 g/mol. The fraction of sp³-hybridized carbons (Fsp3) is 0.333. The molecule has 5 nitrogen and oxygen atoms in total. The van der Waals surface area contributed by atoms with Crippen LogP contribution in [0.2, 0.25) is 0 Å². The summed E-state index contributed by atoms with van der Waals surface area (Å²) in [5.74, 6) is -0.541. The van der Waals surface area contributed by atoms with Gasteiger partial charge in [-0.25, -0.2) is 9.18 Å². The van der Waals surface area contributed by atoms with Crippen molar-refractivity contribution in [2.24, 2.45) is 0 Å². The fourth-order valence-corrected chi connectivity index (χ4v) is 5.28. The molecule has 2 saturated heterocycles. The predicted octanol–water partition coefficient (Wildman–Crippen LogP) is 4.95. The number of hydrogen-bond donors (Lipinski definition) is 1. The lowest BCUT2D eigenvalue weighted by molar-refractivity contribution is -0.137. The van der Waals surface area contributed by atoms with Gasteiger partial charge in [-0.15, -0.1) is 11.8 Å². The summed E-state index contributed by atoms with van der Waals surface area (Å²) in [6.45, 7) is 0.633. The Balaban J connectivity index is 1.49. The van der Waals surface area contributed by atoms with Crippen LogP contribution in [0.4, 0.5) is 33.7 Å². The van der Waals surface area contributed by atoms with Crippen LogP contribution >= 0.6 is 11.8 Å².